The zero-order chi connectivity index (χ0) is 13.1. The van der Waals surface area contributed by atoms with E-state index in [-0.39, 0.29) is 0 Å². The summed E-state index contributed by atoms with van der Waals surface area (Å²) >= 11 is 2.35. The molecule has 0 bridgehead atoms. The first-order valence-electron chi connectivity index (χ1n) is 6.11. The Balaban J connectivity index is 2.24. The third kappa shape index (κ3) is 3.04. The molecular weight excluding hydrogens is 337 g/mol. The largest absolute Gasteiger partial charge is 0.325 e. The molecule has 18 heavy (non-hydrogen) atoms. The van der Waals surface area contributed by atoms with Gasteiger partial charge in [0.05, 0.1) is 0 Å². The average molecular weight is 355 g/mol. The van der Waals surface area contributed by atoms with Crippen molar-refractivity contribution in [3.8, 4) is 0 Å². The van der Waals surface area contributed by atoms with Crippen molar-refractivity contribution >= 4 is 34.2 Å². The standard InChI is InChI=1S/C14H18IN3/c1-10(2)9-18-8-7-16-14(18)17-13-6-4-5-12(15)11(13)3/h4-8,10H,9H2,1-3H3,(H,16,17). The molecule has 3 nitrogen and oxygen atoms in total. The summed E-state index contributed by atoms with van der Waals surface area (Å²) in [5, 5.41) is 3.41. The molecule has 4 heteroatoms. The average Bonchev–Trinajstić information content (AvgIpc) is 2.72. The lowest BCUT2D eigenvalue weighted by atomic mass is 10.2. The van der Waals surface area contributed by atoms with Gasteiger partial charge in [-0.05, 0) is 53.1 Å². The Hall–Kier alpha value is -1.04. The highest BCUT2D eigenvalue weighted by Crippen LogP contribution is 2.23. The van der Waals surface area contributed by atoms with Crippen molar-refractivity contribution in [3.05, 3.63) is 39.7 Å². The Morgan fingerprint density at radius 3 is 2.89 bits per heavy atom. The lowest BCUT2D eigenvalue weighted by Gasteiger charge is -2.13. The van der Waals surface area contributed by atoms with Gasteiger partial charge in [0, 0.05) is 28.2 Å². The second-order valence-corrected chi connectivity index (χ2v) is 6.00. The molecule has 0 saturated carbocycles. The number of aromatic nitrogens is 2. The van der Waals surface area contributed by atoms with Gasteiger partial charge in [0.25, 0.3) is 0 Å². The van der Waals surface area contributed by atoms with Crippen molar-refractivity contribution in [3.63, 3.8) is 0 Å². The molecule has 1 aromatic carbocycles. The van der Waals surface area contributed by atoms with Crippen molar-refractivity contribution in [2.24, 2.45) is 5.92 Å². The molecule has 0 spiro atoms. The Bertz CT molecular complexity index is 532. The Kier molecular flexibility index (Phi) is 4.27. The molecule has 0 fully saturated rings. The first-order chi connectivity index (χ1) is 8.58. The van der Waals surface area contributed by atoms with E-state index in [1.54, 1.807) is 0 Å². The fourth-order valence-corrected chi connectivity index (χ4v) is 2.34. The zero-order valence-corrected chi connectivity index (χ0v) is 13.1. The summed E-state index contributed by atoms with van der Waals surface area (Å²) in [5.41, 5.74) is 2.38. The number of hydrogen-bond donors (Lipinski definition) is 1. The topological polar surface area (TPSA) is 29.9 Å². The maximum absolute atomic E-state index is 4.38. The maximum Gasteiger partial charge on any atom is 0.207 e. The van der Waals surface area contributed by atoms with Gasteiger partial charge >= 0.3 is 0 Å². The van der Waals surface area contributed by atoms with Crippen LogP contribution in [-0.4, -0.2) is 9.55 Å². The number of nitrogens with one attached hydrogen (secondary N) is 1. The molecule has 96 valence electrons. The van der Waals surface area contributed by atoms with E-state index >= 15 is 0 Å². The van der Waals surface area contributed by atoms with Crippen LogP contribution in [0.5, 0.6) is 0 Å². The number of rotatable bonds is 4. The van der Waals surface area contributed by atoms with Crippen molar-refractivity contribution < 1.29 is 0 Å². The van der Waals surface area contributed by atoms with Crippen molar-refractivity contribution in [1.82, 2.24) is 9.55 Å². The number of imidazole rings is 1. The summed E-state index contributed by atoms with van der Waals surface area (Å²) in [5.74, 6) is 1.52. The van der Waals surface area contributed by atoms with Crippen molar-refractivity contribution in [2.45, 2.75) is 27.3 Å². The van der Waals surface area contributed by atoms with E-state index in [4.69, 9.17) is 0 Å². The third-order valence-corrected chi connectivity index (χ3v) is 3.96. The van der Waals surface area contributed by atoms with Gasteiger partial charge in [-0.3, -0.25) is 0 Å². The molecule has 2 aromatic rings. The van der Waals surface area contributed by atoms with Crippen molar-refractivity contribution in [1.29, 1.82) is 0 Å². The summed E-state index contributed by atoms with van der Waals surface area (Å²) in [4.78, 5) is 4.38. The van der Waals surface area contributed by atoms with Gasteiger partial charge in [-0.1, -0.05) is 19.9 Å². The molecule has 1 N–H and O–H groups in total. The first kappa shape index (κ1) is 13.4. The lowest BCUT2D eigenvalue weighted by Crippen LogP contribution is -2.08. The molecule has 0 unspecified atom stereocenters. The Morgan fingerprint density at radius 1 is 1.39 bits per heavy atom. The minimum Gasteiger partial charge on any atom is -0.325 e. The second kappa shape index (κ2) is 5.73. The van der Waals surface area contributed by atoms with Gasteiger partial charge < -0.3 is 9.88 Å². The summed E-state index contributed by atoms with van der Waals surface area (Å²) < 4.78 is 3.42. The highest BCUT2D eigenvalue weighted by atomic mass is 127. The van der Waals surface area contributed by atoms with Crippen LogP contribution in [0.4, 0.5) is 11.6 Å². The maximum atomic E-state index is 4.38. The molecule has 0 aliphatic carbocycles. The van der Waals surface area contributed by atoms with Crippen LogP contribution in [0, 0.1) is 16.4 Å². The first-order valence-corrected chi connectivity index (χ1v) is 7.19. The fourth-order valence-electron chi connectivity index (χ4n) is 1.84. The van der Waals surface area contributed by atoms with Gasteiger partial charge in [0.2, 0.25) is 5.95 Å². The molecule has 0 radical (unpaired) electrons. The number of anilines is 2. The normalized spacial score (nSPS) is 10.9. The van der Waals surface area contributed by atoms with Crippen molar-refractivity contribution in [2.75, 3.05) is 5.32 Å². The second-order valence-electron chi connectivity index (χ2n) is 4.83. The fraction of sp³-hybridized carbons (Fsp3) is 0.357. The molecule has 0 saturated heterocycles. The van der Waals surface area contributed by atoms with Crippen LogP contribution in [-0.2, 0) is 6.54 Å². The van der Waals surface area contributed by atoms with E-state index in [9.17, 15) is 0 Å². The van der Waals surface area contributed by atoms with Crippen LogP contribution in [0.2, 0.25) is 0 Å². The predicted octanol–water partition coefficient (Wildman–Crippen LogP) is 4.20. The van der Waals surface area contributed by atoms with Crippen LogP contribution >= 0.6 is 22.6 Å². The zero-order valence-electron chi connectivity index (χ0n) is 10.9. The predicted molar refractivity (Wildman–Crippen MR) is 84.2 cm³/mol. The van der Waals surface area contributed by atoms with Crippen LogP contribution in [0.3, 0.4) is 0 Å². The summed E-state index contributed by atoms with van der Waals surface area (Å²) in [6, 6.07) is 6.26. The Morgan fingerprint density at radius 2 is 2.17 bits per heavy atom. The monoisotopic (exact) mass is 355 g/mol. The quantitative estimate of drug-likeness (QED) is 0.834. The molecule has 0 aliphatic heterocycles. The van der Waals surface area contributed by atoms with Crippen LogP contribution < -0.4 is 5.32 Å². The summed E-state index contributed by atoms with van der Waals surface area (Å²) in [6.45, 7) is 7.52. The third-order valence-electron chi connectivity index (χ3n) is 2.79. The highest BCUT2D eigenvalue weighted by Gasteiger charge is 2.07. The minimum absolute atomic E-state index is 0.608. The van der Waals surface area contributed by atoms with Gasteiger partial charge in [-0.25, -0.2) is 4.98 Å². The molecular formula is C14H18IN3. The summed E-state index contributed by atoms with van der Waals surface area (Å²) in [7, 11) is 0. The van der Waals surface area contributed by atoms with E-state index in [2.05, 4.69) is 76.4 Å². The molecule has 0 aliphatic rings. The van der Waals surface area contributed by atoms with Crippen LogP contribution in [0.1, 0.15) is 19.4 Å². The number of halogens is 1. The van der Waals surface area contributed by atoms with Crippen LogP contribution in [0.15, 0.2) is 30.6 Å². The van der Waals surface area contributed by atoms with E-state index < -0.39 is 0 Å². The van der Waals surface area contributed by atoms with Crippen LogP contribution in [0.25, 0.3) is 0 Å². The number of hydrogen-bond acceptors (Lipinski definition) is 2. The Labute approximate surface area is 122 Å². The smallest absolute Gasteiger partial charge is 0.207 e. The molecule has 0 amide bonds. The van der Waals surface area contributed by atoms with Gasteiger partial charge in [-0.2, -0.15) is 0 Å². The SMILES string of the molecule is Cc1c(I)cccc1Nc1nccn1CC(C)C. The number of nitrogens with zero attached hydrogens (tertiary/aromatic N) is 2. The van der Waals surface area contributed by atoms with E-state index in [0.29, 0.717) is 5.92 Å². The number of benzene rings is 1. The molecule has 0 atom stereocenters. The van der Waals surface area contributed by atoms with Gasteiger partial charge in [0.1, 0.15) is 0 Å². The molecule has 2 rings (SSSR count). The molecule has 1 aromatic heterocycles. The summed E-state index contributed by atoms with van der Waals surface area (Å²) in [6.07, 6.45) is 3.86. The van der Waals surface area contributed by atoms with E-state index in [1.807, 2.05) is 12.4 Å². The lowest BCUT2D eigenvalue weighted by molar-refractivity contribution is 0.527. The van der Waals surface area contributed by atoms with E-state index in [0.717, 1.165) is 18.2 Å². The highest BCUT2D eigenvalue weighted by molar-refractivity contribution is 14.1. The van der Waals surface area contributed by atoms with Gasteiger partial charge in [-0.15, -0.1) is 0 Å². The molecule has 1 heterocycles. The van der Waals surface area contributed by atoms with E-state index in [1.165, 1.54) is 9.13 Å². The minimum atomic E-state index is 0.608. The van der Waals surface area contributed by atoms with Gasteiger partial charge in [0.15, 0.2) is 0 Å².